The number of nitrogens with zero attached hydrogens (tertiary/aromatic N) is 3. The van der Waals surface area contributed by atoms with Gasteiger partial charge in [-0.25, -0.2) is 9.78 Å². The predicted octanol–water partition coefficient (Wildman–Crippen LogP) is 1.35. The summed E-state index contributed by atoms with van der Waals surface area (Å²) in [7, 11) is 1.70. The maximum absolute atomic E-state index is 12.4. The predicted molar refractivity (Wildman–Crippen MR) is 95.1 cm³/mol. The zero-order valence-corrected chi connectivity index (χ0v) is 15.3. The lowest BCUT2D eigenvalue weighted by atomic mass is 10.0. The summed E-state index contributed by atoms with van der Waals surface area (Å²) in [6.07, 6.45) is 3.24. The van der Waals surface area contributed by atoms with Crippen LogP contribution in [0.3, 0.4) is 0 Å². The molecule has 10 heteroatoms. The molecular weight excluding hydrogens is 358 g/mol. The van der Waals surface area contributed by atoms with Crippen molar-refractivity contribution in [2.24, 2.45) is 12.8 Å². The number of carbonyl (C=O) groups excluding carboxylic acids is 3. The Balaban J connectivity index is 1.88. The van der Waals surface area contributed by atoms with Crippen LogP contribution in [-0.4, -0.2) is 45.5 Å². The lowest BCUT2D eigenvalue weighted by Gasteiger charge is -2.26. The number of nitrogens with one attached hydrogen (secondary N) is 1. The smallest absolute Gasteiger partial charge is 0.410 e. The van der Waals surface area contributed by atoms with Crippen molar-refractivity contribution in [3.63, 3.8) is 0 Å². The van der Waals surface area contributed by atoms with Crippen LogP contribution in [0.15, 0.2) is 12.4 Å². The molecule has 3 heterocycles. The number of hydrogen-bond donors (Lipinski definition) is 2. The number of fused-ring (bicyclic) bond motifs is 1. The first-order valence-corrected chi connectivity index (χ1v) is 8.88. The Morgan fingerprint density at radius 3 is 2.81 bits per heavy atom. The molecule has 0 fully saturated rings. The normalized spacial score (nSPS) is 13.2. The van der Waals surface area contributed by atoms with Gasteiger partial charge in [0.25, 0.3) is 11.8 Å². The van der Waals surface area contributed by atoms with Crippen molar-refractivity contribution in [1.29, 1.82) is 0 Å². The van der Waals surface area contributed by atoms with Crippen LogP contribution in [0.4, 0.5) is 9.80 Å². The van der Waals surface area contributed by atoms with Crippen molar-refractivity contribution in [2.75, 3.05) is 18.5 Å². The molecule has 0 unspecified atom stereocenters. The topological polar surface area (TPSA) is 120 Å². The van der Waals surface area contributed by atoms with Gasteiger partial charge < -0.3 is 25.3 Å². The van der Waals surface area contributed by atoms with Crippen LogP contribution in [-0.2, 0) is 24.8 Å². The van der Waals surface area contributed by atoms with E-state index in [-0.39, 0.29) is 5.82 Å². The summed E-state index contributed by atoms with van der Waals surface area (Å²) in [6.45, 7) is 2.78. The number of aromatic nitrogens is 2. The number of nitrogens with two attached hydrogens (primary N) is 1. The molecule has 9 nitrogen and oxygen atoms in total. The minimum atomic E-state index is -0.609. The second-order valence-electron chi connectivity index (χ2n) is 5.76. The maximum atomic E-state index is 12.4. The number of rotatable bonds is 4. The van der Waals surface area contributed by atoms with Gasteiger partial charge in [0, 0.05) is 30.9 Å². The molecule has 0 saturated carbocycles. The van der Waals surface area contributed by atoms with Gasteiger partial charge in [0.15, 0.2) is 5.82 Å². The highest BCUT2D eigenvalue weighted by Gasteiger charge is 2.30. The number of thiophene rings is 1. The van der Waals surface area contributed by atoms with Gasteiger partial charge >= 0.3 is 6.09 Å². The van der Waals surface area contributed by atoms with Gasteiger partial charge in [-0.15, -0.1) is 11.3 Å². The van der Waals surface area contributed by atoms with E-state index in [1.807, 2.05) is 0 Å². The van der Waals surface area contributed by atoms with E-state index >= 15 is 0 Å². The summed E-state index contributed by atoms with van der Waals surface area (Å²) in [5.74, 6) is -0.817. The summed E-state index contributed by atoms with van der Waals surface area (Å²) in [6, 6.07) is 0. The van der Waals surface area contributed by atoms with E-state index in [4.69, 9.17) is 10.5 Å². The van der Waals surface area contributed by atoms with Crippen LogP contribution < -0.4 is 11.1 Å². The molecule has 3 rings (SSSR count). The lowest BCUT2D eigenvalue weighted by molar-refractivity contribution is 0.0997. The molecule has 2 aromatic rings. The summed E-state index contributed by atoms with van der Waals surface area (Å²) in [4.78, 5) is 42.7. The largest absolute Gasteiger partial charge is 0.450 e. The number of ether oxygens (including phenoxy) is 1. The Morgan fingerprint density at radius 2 is 2.19 bits per heavy atom. The van der Waals surface area contributed by atoms with Crippen LogP contribution in [0.5, 0.6) is 0 Å². The molecule has 0 saturated heterocycles. The van der Waals surface area contributed by atoms with Gasteiger partial charge in [-0.2, -0.15) is 0 Å². The van der Waals surface area contributed by atoms with Gasteiger partial charge in [0.1, 0.15) is 5.00 Å². The van der Waals surface area contributed by atoms with Crippen LogP contribution >= 0.6 is 11.3 Å². The van der Waals surface area contributed by atoms with E-state index < -0.39 is 17.9 Å². The van der Waals surface area contributed by atoms with Gasteiger partial charge in [0.2, 0.25) is 0 Å². The number of aryl methyl sites for hydroxylation is 1. The van der Waals surface area contributed by atoms with E-state index in [1.165, 1.54) is 17.5 Å². The van der Waals surface area contributed by atoms with Gasteiger partial charge in [-0.1, -0.05) is 0 Å². The van der Waals surface area contributed by atoms with E-state index in [2.05, 4.69) is 10.3 Å². The highest BCUT2D eigenvalue weighted by molar-refractivity contribution is 7.17. The third-order valence-corrected chi connectivity index (χ3v) is 5.21. The molecule has 1 aliphatic heterocycles. The Morgan fingerprint density at radius 1 is 1.42 bits per heavy atom. The number of amides is 3. The fourth-order valence-electron chi connectivity index (χ4n) is 2.87. The van der Waals surface area contributed by atoms with Crippen molar-refractivity contribution in [2.45, 2.75) is 19.9 Å². The molecule has 26 heavy (non-hydrogen) atoms. The Hall–Kier alpha value is -2.88. The summed E-state index contributed by atoms with van der Waals surface area (Å²) >= 11 is 1.24. The van der Waals surface area contributed by atoms with Crippen molar-refractivity contribution in [3.05, 3.63) is 34.2 Å². The first-order chi connectivity index (χ1) is 12.4. The molecular formula is C16H19N5O4S. The van der Waals surface area contributed by atoms with Crippen molar-refractivity contribution >= 4 is 34.2 Å². The van der Waals surface area contributed by atoms with Gasteiger partial charge in [-0.05, 0) is 18.9 Å². The Labute approximate surface area is 153 Å². The number of primary amides is 1. The van der Waals surface area contributed by atoms with E-state index in [9.17, 15) is 14.4 Å². The fraction of sp³-hybridized carbons (Fsp3) is 0.375. The molecule has 0 bridgehead atoms. The molecule has 0 atom stereocenters. The first-order valence-electron chi connectivity index (χ1n) is 8.07. The average molecular weight is 377 g/mol. The average Bonchev–Trinajstić information content (AvgIpc) is 3.17. The zero-order chi connectivity index (χ0) is 18.8. The van der Waals surface area contributed by atoms with E-state index in [1.54, 1.807) is 29.6 Å². The summed E-state index contributed by atoms with van der Waals surface area (Å²) in [5, 5.41) is 3.10. The monoisotopic (exact) mass is 377 g/mol. The molecule has 0 aromatic carbocycles. The summed E-state index contributed by atoms with van der Waals surface area (Å²) < 4.78 is 6.61. The van der Waals surface area contributed by atoms with Crippen molar-refractivity contribution < 1.29 is 19.1 Å². The lowest BCUT2D eigenvalue weighted by Crippen LogP contribution is -2.36. The number of carbonyl (C=O) groups is 3. The molecule has 0 aliphatic carbocycles. The molecule has 3 amide bonds. The van der Waals surface area contributed by atoms with Crippen LogP contribution in [0.2, 0.25) is 0 Å². The van der Waals surface area contributed by atoms with Crippen LogP contribution in [0.1, 0.15) is 38.3 Å². The van der Waals surface area contributed by atoms with Crippen LogP contribution in [0, 0.1) is 0 Å². The molecule has 0 spiro atoms. The third kappa shape index (κ3) is 3.27. The molecule has 3 N–H and O–H groups in total. The van der Waals surface area contributed by atoms with Crippen molar-refractivity contribution in [1.82, 2.24) is 14.5 Å². The minimum Gasteiger partial charge on any atom is -0.450 e. The van der Waals surface area contributed by atoms with Crippen molar-refractivity contribution in [3.8, 4) is 0 Å². The minimum absolute atomic E-state index is 0.222. The molecule has 0 radical (unpaired) electrons. The van der Waals surface area contributed by atoms with Crippen LogP contribution in [0.25, 0.3) is 0 Å². The maximum Gasteiger partial charge on any atom is 0.410 e. The number of anilines is 1. The fourth-order valence-corrected chi connectivity index (χ4v) is 4.13. The SMILES string of the molecule is CCOC(=O)N1CCc2c(sc(NC(=O)c3nccn3C)c2C(N)=O)C1. The van der Waals surface area contributed by atoms with Gasteiger partial charge in [-0.3, -0.25) is 9.59 Å². The Bertz CT molecular complexity index is 872. The highest BCUT2D eigenvalue weighted by atomic mass is 32.1. The molecule has 1 aliphatic rings. The standard InChI is InChI=1S/C16H19N5O4S/c1-3-25-16(24)21-6-4-9-10(8-21)26-15(11(9)12(17)22)19-14(23)13-18-5-7-20(13)2/h5,7H,3-4,6,8H2,1-2H3,(H2,17,22)(H,19,23). The zero-order valence-electron chi connectivity index (χ0n) is 14.4. The second kappa shape index (κ2) is 7.16. The quantitative estimate of drug-likeness (QED) is 0.833. The number of imidazole rings is 1. The summed E-state index contributed by atoms with van der Waals surface area (Å²) in [5.41, 5.74) is 6.62. The second-order valence-corrected chi connectivity index (χ2v) is 6.86. The van der Waals surface area contributed by atoms with E-state index in [0.29, 0.717) is 36.7 Å². The van der Waals surface area contributed by atoms with E-state index in [0.717, 1.165) is 10.4 Å². The highest BCUT2D eigenvalue weighted by Crippen LogP contribution is 2.37. The molecule has 138 valence electrons. The molecule has 2 aromatic heterocycles. The number of hydrogen-bond acceptors (Lipinski definition) is 6. The first kappa shape index (κ1) is 17.9. The third-order valence-electron chi connectivity index (χ3n) is 4.08. The Kier molecular flexibility index (Phi) is 4.94. The van der Waals surface area contributed by atoms with Gasteiger partial charge in [0.05, 0.1) is 18.7 Å².